The molecule has 2 saturated heterocycles. The van der Waals surface area contributed by atoms with E-state index in [1.807, 2.05) is 13.0 Å². The van der Waals surface area contributed by atoms with Crippen LogP contribution in [0.25, 0.3) is 0 Å². The van der Waals surface area contributed by atoms with Crippen LogP contribution in [0.2, 0.25) is 0 Å². The van der Waals surface area contributed by atoms with Crippen LogP contribution in [0.5, 0.6) is 0 Å². The molecule has 23 heavy (non-hydrogen) atoms. The van der Waals surface area contributed by atoms with Gasteiger partial charge >= 0.3 is 0 Å². The monoisotopic (exact) mass is 312 g/mol. The number of ether oxygens (including phenoxy) is 1. The number of hydrogen-bond acceptors (Lipinski definition) is 5. The van der Waals surface area contributed by atoms with Crippen LogP contribution >= 0.6 is 0 Å². The molecule has 0 bridgehead atoms. The smallest absolute Gasteiger partial charge is 0.143 e. The van der Waals surface area contributed by atoms with Crippen LogP contribution in [0, 0.1) is 29.1 Å². The fraction of sp³-hybridized carbons (Fsp3) is 0.611. The Kier molecular flexibility index (Phi) is 4.11. The average Bonchev–Trinajstić information content (AvgIpc) is 2.83. The van der Waals surface area contributed by atoms with E-state index in [1.165, 1.54) is 5.56 Å². The molecule has 0 aliphatic carbocycles. The van der Waals surface area contributed by atoms with Gasteiger partial charge in [0.2, 0.25) is 0 Å². The first-order valence-electron chi connectivity index (χ1n) is 8.37. The third-order valence-corrected chi connectivity index (χ3v) is 5.40. The molecule has 0 aromatic carbocycles. The molecule has 2 aliphatic rings. The van der Waals surface area contributed by atoms with Crippen molar-refractivity contribution in [3.05, 3.63) is 22.9 Å². The van der Waals surface area contributed by atoms with Gasteiger partial charge in [-0.1, -0.05) is 6.92 Å². The summed E-state index contributed by atoms with van der Waals surface area (Å²) in [5.41, 5.74) is 3.53. The second-order valence-corrected chi connectivity index (χ2v) is 6.73. The lowest BCUT2D eigenvalue weighted by molar-refractivity contribution is 0.0979. The van der Waals surface area contributed by atoms with E-state index in [2.05, 4.69) is 29.8 Å². The lowest BCUT2D eigenvalue weighted by Gasteiger charge is -2.39. The molecule has 1 aromatic rings. The minimum Gasteiger partial charge on any atom is -0.372 e. The maximum absolute atomic E-state index is 9.20. The second-order valence-electron chi connectivity index (χ2n) is 6.73. The Labute approximate surface area is 137 Å². The van der Waals surface area contributed by atoms with Gasteiger partial charge in [-0.05, 0) is 50.3 Å². The van der Waals surface area contributed by atoms with Crippen LogP contribution in [-0.4, -0.2) is 36.5 Å². The van der Waals surface area contributed by atoms with Crippen molar-refractivity contribution in [1.82, 2.24) is 4.98 Å². The number of nitrogens with zero attached hydrogens (tertiary/aromatic N) is 3. The Hall–Kier alpha value is -1.93. The highest BCUT2D eigenvalue weighted by Crippen LogP contribution is 2.40. The van der Waals surface area contributed by atoms with E-state index in [0.717, 1.165) is 49.4 Å². The van der Waals surface area contributed by atoms with Gasteiger partial charge in [0.15, 0.2) is 0 Å². The predicted octanol–water partition coefficient (Wildman–Crippen LogP) is 2.85. The molecule has 0 unspecified atom stereocenters. The molecule has 2 fully saturated rings. The SMILES string of the molecule is CCc1c(C)cc(C#N)nc1N1CCC2(CC1)CO[C@@H](C)C2=N. The number of nitrogens with one attached hydrogen (secondary N) is 1. The molecule has 1 N–H and O–H groups in total. The van der Waals surface area contributed by atoms with Crippen molar-refractivity contribution in [3.63, 3.8) is 0 Å². The topological polar surface area (TPSA) is 73.0 Å². The van der Waals surface area contributed by atoms with Crippen LogP contribution in [0.3, 0.4) is 0 Å². The van der Waals surface area contributed by atoms with Gasteiger partial charge in [0, 0.05) is 24.2 Å². The van der Waals surface area contributed by atoms with Crippen LogP contribution in [0.15, 0.2) is 6.07 Å². The van der Waals surface area contributed by atoms with Crippen LogP contribution < -0.4 is 4.90 Å². The minimum absolute atomic E-state index is 0.0463. The summed E-state index contributed by atoms with van der Waals surface area (Å²) in [7, 11) is 0. The zero-order valence-electron chi connectivity index (χ0n) is 14.1. The number of hydrogen-bond donors (Lipinski definition) is 1. The largest absolute Gasteiger partial charge is 0.372 e. The Morgan fingerprint density at radius 3 is 2.70 bits per heavy atom. The van der Waals surface area contributed by atoms with Crippen molar-refractivity contribution in [2.45, 2.75) is 46.1 Å². The second kappa shape index (κ2) is 5.93. The van der Waals surface area contributed by atoms with Crippen molar-refractivity contribution in [2.24, 2.45) is 5.41 Å². The molecule has 0 radical (unpaired) electrons. The molecule has 1 atom stereocenters. The molecule has 5 heteroatoms. The Bertz CT molecular complexity index is 668. The molecule has 0 saturated carbocycles. The first-order valence-corrected chi connectivity index (χ1v) is 8.37. The molecule has 3 rings (SSSR count). The van der Waals surface area contributed by atoms with Crippen LogP contribution in [0.4, 0.5) is 5.82 Å². The molecule has 122 valence electrons. The maximum Gasteiger partial charge on any atom is 0.143 e. The first kappa shape index (κ1) is 15.9. The Balaban J connectivity index is 1.85. The number of pyridine rings is 1. The Morgan fingerprint density at radius 1 is 1.48 bits per heavy atom. The summed E-state index contributed by atoms with van der Waals surface area (Å²) in [6, 6.07) is 4.04. The fourth-order valence-electron chi connectivity index (χ4n) is 3.88. The van der Waals surface area contributed by atoms with Crippen molar-refractivity contribution in [2.75, 3.05) is 24.6 Å². The molecule has 5 nitrogen and oxygen atoms in total. The molecular weight excluding hydrogens is 288 g/mol. The number of aromatic nitrogens is 1. The van der Waals surface area contributed by atoms with Gasteiger partial charge in [-0.25, -0.2) is 4.98 Å². The molecular formula is C18H24N4O. The van der Waals surface area contributed by atoms with E-state index < -0.39 is 0 Å². The molecule has 3 heterocycles. The highest BCUT2D eigenvalue weighted by Gasteiger charge is 2.46. The summed E-state index contributed by atoms with van der Waals surface area (Å²) in [5.74, 6) is 0.956. The summed E-state index contributed by atoms with van der Waals surface area (Å²) in [6.07, 6.45) is 2.72. The summed E-state index contributed by atoms with van der Waals surface area (Å²) < 4.78 is 5.70. The molecule has 0 amide bonds. The number of aryl methyl sites for hydroxylation is 1. The zero-order chi connectivity index (χ0) is 16.6. The van der Waals surface area contributed by atoms with E-state index in [1.54, 1.807) is 0 Å². The third kappa shape index (κ3) is 2.61. The third-order valence-electron chi connectivity index (χ3n) is 5.40. The average molecular weight is 312 g/mol. The molecule has 2 aliphatic heterocycles. The minimum atomic E-state index is -0.0792. The maximum atomic E-state index is 9.20. The predicted molar refractivity (Wildman–Crippen MR) is 90.1 cm³/mol. The van der Waals surface area contributed by atoms with Gasteiger partial charge in [-0.3, -0.25) is 0 Å². The fourth-order valence-corrected chi connectivity index (χ4v) is 3.88. The molecule has 1 aromatic heterocycles. The standard InChI is InChI=1S/C18H24N4O/c1-4-15-12(2)9-14(10-19)21-17(15)22-7-5-18(6-8-22)11-23-13(3)16(18)20/h9,13,20H,4-8,11H2,1-3H3/t13-/m0/s1. The van der Waals surface area contributed by atoms with Crippen molar-refractivity contribution in [1.29, 1.82) is 10.7 Å². The lowest BCUT2D eigenvalue weighted by atomic mass is 9.75. The molecule has 1 spiro atoms. The van der Waals surface area contributed by atoms with E-state index in [0.29, 0.717) is 12.3 Å². The normalized spacial score (nSPS) is 23.3. The lowest BCUT2D eigenvalue weighted by Crippen LogP contribution is -2.45. The van der Waals surface area contributed by atoms with Crippen molar-refractivity contribution >= 4 is 11.5 Å². The van der Waals surface area contributed by atoms with Gasteiger partial charge < -0.3 is 15.0 Å². The summed E-state index contributed by atoms with van der Waals surface area (Å²) in [4.78, 5) is 6.86. The van der Waals surface area contributed by atoms with Gasteiger partial charge in [0.05, 0.1) is 12.7 Å². The number of rotatable bonds is 2. The quantitative estimate of drug-likeness (QED) is 0.911. The van der Waals surface area contributed by atoms with Gasteiger partial charge in [0.25, 0.3) is 0 Å². The van der Waals surface area contributed by atoms with E-state index in [-0.39, 0.29) is 11.5 Å². The summed E-state index contributed by atoms with van der Waals surface area (Å²) in [5, 5.41) is 17.5. The van der Waals surface area contributed by atoms with E-state index >= 15 is 0 Å². The number of nitriles is 1. The zero-order valence-corrected chi connectivity index (χ0v) is 14.1. The van der Waals surface area contributed by atoms with Crippen molar-refractivity contribution in [3.8, 4) is 6.07 Å². The van der Waals surface area contributed by atoms with Gasteiger partial charge in [-0.2, -0.15) is 5.26 Å². The van der Waals surface area contributed by atoms with E-state index in [9.17, 15) is 5.26 Å². The number of anilines is 1. The van der Waals surface area contributed by atoms with Gasteiger partial charge in [0.1, 0.15) is 17.6 Å². The summed E-state index contributed by atoms with van der Waals surface area (Å²) >= 11 is 0. The highest BCUT2D eigenvalue weighted by molar-refractivity contribution is 5.93. The van der Waals surface area contributed by atoms with E-state index in [4.69, 9.17) is 10.1 Å². The van der Waals surface area contributed by atoms with Crippen LogP contribution in [-0.2, 0) is 11.2 Å². The Morgan fingerprint density at radius 2 is 2.17 bits per heavy atom. The first-order chi connectivity index (χ1) is 11.0. The van der Waals surface area contributed by atoms with Crippen molar-refractivity contribution < 1.29 is 4.74 Å². The van der Waals surface area contributed by atoms with Gasteiger partial charge in [-0.15, -0.1) is 0 Å². The summed E-state index contributed by atoms with van der Waals surface area (Å²) in [6.45, 7) is 8.57. The van der Waals surface area contributed by atoms with Crippen LogP contribution in [0.1, 0.15) is 43.5 Å². The highest BCUT2D eigenvalue weighted by atomic mass is 16.5. The number of piperidine rings is 1.